The quantitative estimate of drug-likeness (QED) is 0.647. The predicted molar refractivity (Wildman–Crippen MR) is 94.3 cm³/mol. The van der Waals surface area contributed by atoms with E-state index in [1.165, 1.54) is 25.7 Å². The Balaban J connectivity index is 2.09. The van der Waals surface area contributed by atoms with Gasteiger partial charge in [-0.15, -0.1) is 10.2 Å². The summed E-state index contributed by atoms with van der Waals surface area (Å²) in [6.45, 7) is 13.5. The van der Waals surface area contributed by atoms with Crippen molar-refractivity contribution < 1.29 is 0 Å². The highest BCUT2D eigenvalue weighted by Crippen LogP contribution is 2.33. The average molecular weight is 320 g/mol. The Morgan fingerprint density at radius 1 is 1.39 bits per heavy atom. The van der Waals surface area contributed by atoms with E-state index >= 15 is 0 Å². The fourth-order valence-electron chi connectivity index (χ4n) is 3.54. The molecule has 0 amide bonds. The maximum absolute atomic E-state index is 4.82. The van der Waals surface area contributed by atoms with E-state index in [9.17, 15) is 0 Å². The van der Waals surface area contributed by atoms with Crippen LogP contribution in [0.2, 0.25) is 0 Å². The van der Waals surface area contributed by atoms with Crippen molar-refractivity contribution in [2.24, 2.45) is 10.4 Å². The summed E-state index contributed by atoms with van der Waals surface area (Å²) < 4.78 is 2.05. The van der Waals surface area contributed by atoms with E-state index in [1.807, 2.05) is 4.57 Å². The largest absolute Gasteiger partial charge is 0.357 e. The average Bonchev–Trinajstić information content (AvgIpc) is 2.99. The Bertz CT molecular complexity index is 505. The number of aromatic nitrogens is 3. The zero-order chi connectivity index (χ0) is 16.7. The Labute approximate surface area is 140 Å². The minimum Gasteiger partial charge on any atom is -0.357 e. The molecule has 1 saturated heterocycles. The number of nitrogens with zero attached hydrogens (tertiary/aromatic N) is 5. The topological polar surface area (TPSA) is 58.3 Å². The normalized spacial score (nSPS) is 22.4. The smallest absolute Gasteiger partial charge is 0.194 e. The lowest BCUT2D eigenvalue weighted by Crippen LogP contribution is -2.49. The second kappa shape index (κ2) is 8.31. The molecule has 0 aromatic carbocycles. The van der Waals surface area contributed by atoms with Crippen LogP contribution in [0.5, 0.6) is 0 Å². The third-order valence-electron chi connectivity index (χ3n) is 4.68. The van der Waals surface area contributed by atoms with Gasteiger partial charge in [-0.2, -0.15) is 0 Å². The van der Waals surface area contributed by atoms with Crippen LogP contribution in [0.25, 0.3) is 0 Å². The van der Waals surface area contributed by atoms with Crippen molar-refractivity contribution in [2.45, 2.75) is 66.5 Å². The molecule has 0 radical (unpaired) electrons. The summed E-state index contributed by atoms with van der Waals surface area (Å²) in [6, 6.07) is 0. The standard InChI is InChI=1S/C17H32N6/c1-5-9-17(4)10-8-11-23(13-17)16(18-6-2)19-12-15-21-20-14-22(15)7-3/h14H,5-13H2,1-4H3,(H,18,19). The number of rotatable bonds is 6. The van der Waals surface area contributed by atoms with Gasteiger partial charge in [-0.3, -0.25) is 0 Å². The first-order valence-corrected chi connectivity index (χ1v) is 9.01. The summed E-state index contributed by atoms with van der Waals surface area (Å²) in [5, 5.41) is 11.6. The first-order chi connectivity index (χ1) is 11.1. The summed E-state index contributed by atoms with van der Waals surface area (Å²) >= 11 is 0. The minimum absolute atomic E-state index is 0.409. The predicted octanol–water partition coefficient (Wildman–Crippen LogP) is 2.67. The number of likely N-dealkylation sites (tertiary alicyclic amines) is 1. The Morgan fingerprint density at radius 2 is 2.22 bits per heavy atom. The molecule has 2 heterocycles. The summed E-state index contributed by atoms with van der Waals surface area (Å²) in [4.78, 5) is 7.25. The van der Waals surface area contributed by atoms with Crippen molar-refractivity contribution in [3.05, 3.63) is 12.2 Å². The van der Waals surface area contributed by atoms with Gasteiger partial charge in [-0.05, 0) is 38.5 Å². The van der Waals surface area contributed by atoms with Gasteiger partial charge in [0.2, 0.25) is 0 Å². The zero-order valence-corrected chi connectivity index (χ0v) is 15.2. The van der Waals surface area contributed by atoms with Crippen molar-refractivity contribution in [1.82, 2.24) is 25.0 Å². The molecule has 1 unspecified atom stereocenters. The van der Waals surface area contributed by atoms with Gasteiger partial charge in [0.05, 0.1) is 0 Å². The Kier molecular flexibility index (Phi) is 6.42. The van der Waals surface area contributed by atoms with Crippen molar-refractivity contribution in [3.8, 4) is 0 Å². The van der Waals surface area contributed by atoms with Crippen LogP contribution >= 0.6 is 0 Å². The number of aliphatic imine (C=N–C) groups is 1. The number of hydrogen-bond donors (Lipinski definition) is 1. The highest BCUT2D eigenvalue weighted by molar-refractivity contribution is 5.80. The van der Waals surface area contributed by atoms with E-state index in [-0.39, 0.29) is 0 Å². The van der Waals surface area contributed by atoms with Crippen LogP contribution in [-0.4, -0.2) is 45.3 Å². The molecule has 1 aromatic rings. The van der Waals surface area contributed by atoms with Crippen LogP contribution in [0.4, 0.5) is 0 Å². The molecule has 1 N–H and O–H groups in total. The Morgan fingerprint density at radius 3 is 2.91 bits per heavy atom. The minimum atomic E-state index is 0.409. The molecular formula is C17H32N6. The van der Waals surface area contributed by atoms with Gasteiger partial charge in [0.25, 0.3) is 0 Å². The first kappa shape index (κ1) is 17.8. The number of guanidine groups is 1. The van der Waals surface area contributed by atoms with E-state index in [1.54, 1.807) is 6.33 Å². The molecule has 2 rings (SSSR count). The summed E-state index contributed by atoms with van der Waals surface area (Å²) in [7, 11) is 0. The SMILES string of the molecule is CCCC1(C)CCCN(C(=NCc2nncn2CC)NCC)C1. The van der Waals surface area contributed by atoms with E-state index in [0.717, 1.165) is 38.0 Å². The third kappa shape index (κ3) is 4.69. The molecular weight excluding hydrogens is 288 g/mol. The Hall–Kier alpha value is -1.59. The van der Waals surface area contributed by atoms with E-state index in [4.69, 9.17) is 4.99 Å². The highest BCUT2D eigenvalue weighted by Gasteiger charge is 2.31. The monoisotopic (exact) mass is 320 g/mol. The number of hydrogen-bond acceptors (Lipinski definition) is 3. The molecule has 1 aliphatic rings. The van der Waals surface area contributed by atoms with Crippen LogP contribution in [0.3, 0.4) is 0 Å². The van der Waals surface area contributed by atoms with Gasteiger partial charge in [-0.25, -0.2) is 4.99 Å². The lowest BCUT2D eigenvalue weighted by molar-refractivity contribution is 0.142. The lowest BCUT2D eigenvalue weighted by atomic mass is 9.78. The second-order valence-electron chi connectivity index (χ2n) is 6.79. The molecule has 1 atom stereocenters. The molecule has 0 saturated carbocycles. The van der Waals surface area contributed by atoms with Crippen molar-refractivity contribution >= 4 is 5.96 Å². The van der Waals surface area contributed by atoms with E-state index in [0.29, 0.717) is 12.0 Å². The zero-order valence-electron chi connectivity index (χ0n) is 15.2. The fraction of sp³-hybridized carbons (Fsp3) is 0.824. The molecule has 0 bridgehead atoms. The van der Waals surface area contributed by atoms with Gasteiger partial charge in [0.1, 0.15) is 12.9 Å². The van der Waals surface area contributed by atoms with Gasteiger partial charge in [-0.1, -0.05) is 20.3 Å². The van der Waals surface area contributed by atoms with Gasteiger partial charge < -0.3 is 14.8 Å². The molecule has 1 aromatic heterocycles. The van der Waals surface area contributed by atoms with Crippen LogP contribution in [-0.2, 0) is 13.1 Å². The maximum Gasteiger partial charge on any atom is 0.194 e. The van der Waals surface area contributed by atoms with E-state index < -0.39 is 0 Å². The summed E-state index contributed by atoms with van der Waals surface area (Å²) in [5.74, 6) is 1.94. The van der Waals surface area contributed by atoms with Gasteiger partial charge in [0.15, 0.2) is 11.8 Å². The van der Waals surface area contributed by atoms with Gasteiger partial charge in [0, 0.05) is 26.2 Å². The lowest BCUT2D eigenvalue weighted by Gasteiger charge is -2.42. The molecule has 0 aliphatic carbocycles. The highest BCUT2D eigenvalue weighted by atomic mass is 15.3. The molecule has 1 fully saturated rings. The molecule has 0 spiro atoms. The molecule has 23 heavy (non-hydrogen) atoms. The number of aryl methyl sites for hydroxylation is 1. The van der Waals surface area contributed by atoms with Gasteiger partial charge >= 0.3 is 0 Å². The maximum atomic E-state index is 4.82. The summed E-state index contributed by atoms with van der Waals surface area (Å²) in [6.07, 6.45) is 6.87. The van der Waals surface area contributed by atoms with Crippen molar-refractivity contribution in [3.63, 3.8) is 0 Å². The number of nitrogens with one attached hydrogen (secondary N) is 1. The van der Waals surface area contributed by atoms with E-state index in [2.05, 4.69) is 48.1 Å². The fourth-order valence-corrected chi connectivity index (χ4v) is 3.54. The molecule has 6 heteroatoms. The summed E-state index contributed by atoms with van der Waals surface area (Å²) in [5.41, 5.74) is 0.409. The van der Waals surface area contributed by atoms with Crippen LogP contribution in [0.15, 0.2) is 11.3 Å². The first-order valence-electron chi connectivity index (χ1n) is 9.01. The van der Waals surface area contributed by atoms with Crippen LogP contribution in [0.1, 0.15) is 59.2 Å². The third-order valence-corrected chi connectivity index (χ3v) is 4.68. The van der Waals surface area contributed by atoms with Crippen molar-refractivity contribution in [2.75, 3.05) is 19.6 Å². The molecule has 1 aliphatic heterocycles. The number of piperidine rings is 1. The van der Waals surface area contributed by atoms with Crippen LogP contribution < -0.4 is 5.32 Å². The van der Waals surface area contributed by atoms with Crippen molar-refractivity contribution in [1.29, 1.82) is 0 Å². The second-order valence-corrected chi connectivity index (χ2v) is 6.79. The molecule has 130 valence electrons. The molecule has 6 nitrogen and oxygen atoms in total. The van der Waals surface area contributed by atoms with Crippen LogP contribution in [0, 0.1) is 5.41 Å².